The predicted molar refractivity (Wildman–Crippen MR) is 87.2 cm³/mol. The van der Waals surface area contributed by atoms with Crippen molar-refractivity contribution in [3.8, 4) is 0 Å². The van der Waals surface area contributed by atoms with Crippen LogP contribution in [0, 0.1) is 17.8 Å². The Kier molecular flexibility index (Phi) is 5.67. The molecule has 21 heavy (non-hydrogen) atoms. The number of nitrogens with one attached hydrogen (secondary N) is 1. The maximum atomic E-state index is 12.6. The van der Waals surface area contributed by atoms with E-state index in [-0.39, 0.29) is 11.9 Å². The van der Waals surface area contributed by atoms with Gasteiger partial charge in [0.1, 0.15) is 6.04 Å². The van der Waals surface area contributed by atoms with Gasteiger partial charge in [0.2, 0.25) is 5.91 Å². The number of carbonyl (C=O) groups excluding carboxylic acids is 1. The minimum atomic E-state index is 0.0188. The molecule has 2 fully saturated rings. The van der Waals surface area contributed by atoms with Crippen LogP contribution in [0.25, 0.3) is 0 Å². The van der Waals surface area contributed by atoms with Crippen molar-refractivity contribution in [2.24, 2.45) is 17.8 Å². The third kappa shape index (κ3) is 3.78. The topological polar surface area (TPSA) is 35.6 Å². The molecule has 0 spiro atoms. The van der Waals surface area contributed by atoms with Crippen molar-refractivity contribution in [3.63, 3.8) is 0 Å². The zero-order chi connectivity index (χ0) is 15.6. The Bertz CT molecular complexity index is 356. The molecular formula is C17H33N3O. The van der Waals surface area contributed by atoms with Gasteiger partial charge in [0, 0.05) is 39.8 Å². The number of piperazine rings is 1. The quantitative estimate of drug-likeness (QED) is 0.862. The van der Waals surface area contributed by atoms with Crippen molar-refractivity contribution in [1.29, 1.82) is 0 Å². The van der Waals surface area contributed by atoms with E-state index in [1.165, 1.54) is 19.3 Å². The molecular weight excluding hydrogens is 262 g/mol. The summed E-state index contributed by atoms with van der Waals surface area (Å²) in [6, 6.07) is 0.593. The Morgan fingerprint density at radius 3 is 2.62 bits per heavy atom. The number of hydrogen-bond acceptors (Lipinski definition) is 3. The van der Waals surface area contributed by atoms with Crippen molar-refractivity contribution in [1.82, 2.24) is 15.1 Å². The number of rotatable bonds is 3. The fourth-order valence-electron chi connectivity index (χ4n) is 4.18. The first-order valence-electron chi connectivity index (χ1n) is 8.59. The van der Waals surface area contributed by atoms with Gasteiger partial charge >= 0.3 is 0 Å². The molecule has 1 N–H and O–H groups in total. The van der Waals surface area contributed by atoms with Crippen molar-refractivity contribution < 1.29 is 4.79 Å². The van der Waals surface area contributed by atoms with E-state index in [2.05, 4.69) is 31.0 Å². The zero-order valence-corrected chi connectivity index (χ0v) is 14.4. The van der Waals surface area contributed by atoms with E-state index in [0.717, 1.165) is 31.5 Å². The molecule has 4 unspecified atom stereocenters. The number of hydrogen-bond donors (Lipinski definition) is 1. The molecule has 1 saturated carbocycles. The largest absolute Gasteiger partial charge is 0.347 e. The van der Waals surface area contributed by atoms with Gasteiger partial charge in [-0.1, -0.05) is 27.2 Å². The molecule has 0 radical (unpaired) electrons. The predicted octanol–water partition coefficient (Wildman–Crippen LogP) is 1.81. The van der Waals surface area contributed by atoms with E-state index in [9.17, 15) is 4.79 Å². The molecule has 1 aliphatic heterocycles. The van der Waals surface area contributed by atoms with Crippen LogP contribution in [-0.4, -0.2) is 61.5 Å². The molecule has 4 nitrogen and oxygen atoms in total. The highest BCUT2D eigenvalue weighted by atomic mass is 16.2. The molecule has 2 rings (SSSR count). The van der Waals surface area contributed by atoms with Crippen LogP contribution >= 0.6 is 0 Å². The second-order valence-electron chi connectivity index (χ2n) is 7.58. The van der Waals surface area contributed by atoms with Crippen LogP contribution in [0.15, 0.2) is 0 Å². The second-order valence-corrected chi connectivity index (χ2v) is 7.58. The average molecular weight is 295 g/mol. The lowest BCUT2D eigenvalue weighted by atomic mass is 9.73. The van der Waals surface area contributed by atoms with Gasteiger partial charge in [-0.05, 0) is 30.6 Å². The standard InChI is InChI=1S/C17H33N3O/c1-12(2)14-7-6-13(3)10-15(14)20-9-8-18-11-16(20)17(21)19(4)5/h12-16,18H,6-11H2,1-5H3. The van der Waals surface area contributed by atoms with Crippen molar-refractivity contribution in [2.75, 3.05) is 33.7 Å². The van der Waals surface area contributed by atoms with Gasteiger partial charge in [0.05, 0.1) is 0 Å². The summed E-state index contributed by atoms with van der Waals surface area (Å²) in [5.41, 5.74) is 0. The van der Waals surface area contributed by atoms with E-state index in [0.29, 0.717) is 12.0 Å². The normalized spacial score (nSPS) is 35.0. The minimum absolute atomic E-state index is 0.0188. The zero-order valence-electron chi connectivity index (χ0n) is 14.4. The van der Waals surface area contributed by atoms with E-state index in [1.807, 2.05) is 14.1 Å². The summed E-state index contributed by atoms with van der Waals surface area (Å²) in [7, 11) is 3.75. The van der Waals surface area contributed by atoms with Crippen LogP contribution < -0.4 is 5.32 Å². The lowest BCUT2D eigenvalue weighted by Crippen LogP contribution is -2.62. The Morgan fingerprint density at radius 2 is 2.00 bits per heavy atom. The van der Waals surface area contributed by atoms with Gasteiger partial charge in [-0.25, -0.2) is 0 Å². The van der Waals surface area contributed by atoms with E-state index >= 15 is 0 Å². The fraction of sp³-hybridized carbons (Fsp3) is 0.941. The first kappa shape index (κ1) is 16.8. The summed E-state index contributed by atoms with van der Waals surface area (Å²) in [5, 5.41) is 3.41. The SMILES string of the molecule is CC1CCC(C(C)C)C(N2CCNCC2C(=O)N(C)C)C1. The first-order valence-corrected chi connectivity index (χ1v) is 8.59. The van der Waals surface area contributed by atoms with E-state index < -0.39 is 0 Å². The molecule has 1 heterocycles. The first-order chi connectivity index (χ1) is 9.91. The second kappa shape index (κ2) is 7.10. The minimum Gasteiger partial charge on any atom is -0.347 e. The van der Waals surface area contributed by atoms with Crippen LogP contribution in [0.2, 0.25) is 0 Å². The van der Waals surface area contributed by atoms with Crippen LogP contribution in [0.5, 0.6) is 0 Å². The van der Waals surface area contributed by atoms with Crippen molar-refractivity contribution in [3.05, 3.63) is 0 Å². The summed E-state index contributed by atoms with van der Waals surface area (Å²) in [5.74, 6) is 2.47. The highest BCUT2D eigenvalue weighted by Crippen LogP contribution is 2.37. The van der Waals surface area contributed by atoms with E-state index in [4.69, 9.17) is 0 Å². The molecule has 2 aliphatic rings. The van der Waals surface area contributed by atoms with Gasteiger partial charge in [-0.3, -0.25) is 9.69 Å². The molecule has 0 bridgehead atoms. The van der Waals surface area contributed by atoms with Gasteiger partial charge in [0.15, 0.2) is 0 Å². The van der Waals surface area contributed by atoms with E-state index in [1.54, 1.807) is 4.90 Å². The number of amides is 1. The summed E-state index contributed by atoms with van der Waals surface area (Å²) in [6.07, 6.45) is 3.91. The summed E-state index contributed by atoms with van der Waals surface area (Å²) in [4.78, 5) is 16.8. The van der Waals surface area contributed by atoms with Gasteiger partial charge < -0.3 is 10.2 Å². The molecule has 1 saturated heterocycles. The van der Waals surface area contributed by atoms with Gasteiger partial charge in [0.25, 0.3) is 0 Å². The van der Waals surface area contributed by atoms with Crippen molar-refractivity contribution in [2.45, 2.75) is 52.1 Å². The number of likely N-dealkylation sites (N-methyl/N-ethyl adjacent to an activating group) is 1. The van der Waals surface area contributed by atoms with Crippen LogP contribution in [0.4, 0.5) is 0 Å². The Hall–Kier alpha value is -0.610. The summed E-state index contributed by atoms with van der Waals surface area (Å²) >= 11 is 0. The van der Waals surface area contributed by atoms with Gasteiger partial charge in [-0.15, -0.1) is 0 Å². The highest BCUT2D eigenvalue weighted by Gasteiger charge is 2.40. The summed E-state index contributed by atoms with van der Waals surface area (Å²) in [6.45, 7) is 9.87. The van der Waals surface area contributed by atoms with Crippen LogP contribution in [-0.2, 0) is 4.79 Å². The molecule has 4 heteroatoms. The molecule has 0 aromatic carbocycles. The van der Waals surface area contributed by atoms with Gasteiger partial charge in [-0.2, -0.15) is 0 Å². The Morgan fingerprint density at radius 1 is 1.29 bits per heavy atom. The van der Waals surface area contributed by atoms with Crippen LogP contribution in [0.1, 0.15) is 40.0 Å². The Balaban J connectivity index is 2.19. The monoisotopic (exact) mass is 295 g/mol. The molecule has 4 atom stereocenters. The Labute approximate surface area is 130 Å². The average Bonchev–Trinajstić information content (AvgIpc) is 2.46. The summed E-state index contributed by atoms with van der Waals surface area (Å²) < 4.78 is 0. The lowest BCUT2D eigenvalue weighted by Gasteiger charge is -2.48. The van der Waals surface area contributed by atoms with Crippen molar-refractivity contribution >= 4 is 5.91 Å². The molecule has 0 aromatic heterocycles. The smallest absolute Gasteiger partial charge is 0.240 e. The number of nitrogens with zero attached hydrogens (tertiary/aromatic N) is 2. The molecule has 1 amide bonds. The third-order valence-electron chi connectivity index (χ3n) is 5.42. The fourth-order valence-corrected chi connectivity index (χ4v) is 4.18. The number of carbonyl (C=O) groups is 1. The third-order valence-corrected chi connectivity index (χ3v) is 5.42. The highest BCUT2D eigenvalue weighted by molar-refractivity contribution is 5.81. The van der Waals surface area contributed by atoms with Crippen LogP contribution in [0.3, 0.4) is 0 Å². The maximum Gasteiger partial charge on any atom is 0.240 e. The molecule has 0 aromatic rings. The lowest BCUT2D eigenvalue weighted by molar-refractivity contribution is -0.137. The molecule has 1 aliphatic carbocycles. The molecule has 122 valence electrons. The maximum absolute atomic E-state index is 12.6.